The van der Waals surface area contributed by atoms with Gasteiger partial charge in [0.1, 0.15) is 23.6 Å². The maximum atomic E-state index is 14.1. The van der Waals surface area contributed by atoms with Crippen LogP contribution in [0.3, 0.4) is 0 Å². The summed E-state index contributed by atoms with van der Waals surface area (Å²) in [6, 6.07) is 15.7. The number of thiophene rings is 1. The maximum Gasteiger partial charge on any atom is 0.262 e. The van der Waals surface area contributed by atoms with Gasteiger partial charge < -0.3 is 19.3 Å². The summed E-state index contributed by atoms with van der Waals surface area (Å²) in [5.41, 5.74) is 3.90. The second kappa shape index (κ2) is 11.8. The Hall–Kier alpha value is -3.32. The lowest BCUT2D eigenvalue weighted by molar-refractivity contribution is -0.134. The van der Waals surface area contributed by atoms with Crippen LogP contribution in [0.5, 0.6) is 11.5 Å². The second-order valence-corrected chi connectivity index (χ2v) is 12.1. The smallest absolute Gasteiger partial charge is 0.262 e. The number of nitrogens with zero attached hydrogens (tertiary/aromatic N) is 2. The molecule has 7 heteroatoms. The molecule has 2 amide bonds. The molecule has 2 atom stereocenters. The van der Waals surface area contributed by atoms with Crippen LogP contribution in [0.1, 0.15) is 79.0 Å². The van der Waals surface area contributed by atoms with Crippen molar-refractivity contribution in [2.24, 2.45) is 0 Å². The zero-order chi connectivity index (χ0) is 28.3. The van der Waals surface area contributed by atoms with Crippen LogP contribution >= 0.6 is 11.3 Å². The molecule has 3 aromatic rings. The Balaban J connectivity index is 1.68. The average molecular weight is 549 g/mol. The number of rotatable bonds is 8. The van der Waals surface area contributed by atoms with Crippen LogP contribution < -0.4 is 9.47 Å². The Morgan fingerprint density at radius 1 is 1.05 bits per heavy atom. The molecule has 2 unspecified atom stereocenters. The monoisotopic (exact) mass is 548 g/mol. The van der Waals surface area contributed by atoms with E-state index in [2.05, 4.69) is 56.5 Å². The molecular formula is C32H40N2O4S. The van der Waals surface area contributed by atoms with Gasteiger partial charge in [-0.05, 0) is 65.4 Å². The minimum Gasteiger partial charge on any atom is -0.496 e. The molecule has 208 valence electrons. The van der Waals surface area contributed by atoms with Crippen LogP contribution in [0.25, 0.3) is 0 Å². The molecule has 0 saturated heterocycles. The summed E-state index contributed by atoms with van der Waals surface area (Å²) in [6.45, 7) is 11.2. The van der Waals surface area contributed by atoms with Crippen LogP contribution in [0.15, 0.2) is 53.9 Å². The highest BCUT2D eigenvalue weighted by Gasteiger charge is 2.36. The molecule has 2 heterocycles. The Bertz CT molecular complexity index is 1290. The van der Waals surface area contributed by atoms with Gasteiger partial charge in [-0.2, -0.15) is 0 Å². The molecule has 0 N–H and O–H groups in total. The number of carbonyl (C=O) groups is 2. The van der Waals surface area contributed by atoms with Crippen molar-refractivity contribution >= 4 is 23.2 Å². The van der Waals surface area contributed by atoms with Crippen LogP contribution in [-0.2, 0) is 16.6 Å². The minimum atomic E-state index is -0.272. The lowest BCUT2D eigenvalue weighted by Crippen LogP contribution is -2.49. The van der Waals surface area contributed by atoms with E-state index in [1.165, 1.54) is 30.2 Å². The first-order valence-electron chi connectivity index (χ1n) is 13.6. The average Bonchev–Trinajstić information content (AvgIpc) is 3.42. The number of hydrogen-bond donors (Lipinski definition) is 0. The van der Waals surface area contributed by atoms with E-state index >= 15 is 0 Å². The second-order valence-electron chi connectivity index (χ2n) is 11.1. The molecule has 1 aliphatic rings. The third-order valence-electron chi connectivity index (χ3n) is 7.71. The minimum absolute atomic E-state index is 0.0227. The van der Waals surface area contributed by atoms with E-state index in [0.29, 0.717) is 30.0 Å². The van der Waals surface area contributed by atoms with Gasteiger partial charge >= 0.3 is 0 Å². The molecule has 6 nitrogen and oxygen atoms in total. The van der Waals surface area contributed by atoms with Gasteiger partial charge in [0.2, 0.25) is 5.91 Å². The van der Waals surface area contributed by atoms with Crippen molar-refractivity contribution in [3.8, 4) is 11.5 Å². The summed E-state index contributed by atoms with van der Waals surface area (Å²) >= 11 is 1.75. The normalized spacial score (nSPS) is 15.9. The topological polar surface area (TPSA) is 59.1 Å². The molecule has 0 radical (unpaired) electrons. The van der Waals surface area contributed by atoms with Crippen molar-refractivity contribution in [3.63, 3.8) is 0 Å². The van der Waals surface area contributed by atoms with E-state index in [0.717, 1.165) is 12.0 Å². The lowest BCUT2D eigenvalue weighted by atomic mass is 9.85. The van der Waals surface area contributed by atoms with Crippen molar-refractivity contribution in [2.45, 2.75) is 65.0 Å². The van der Waals surface area contributed by atoms with E-state index < -0.39 is 0 Å². The zero-order valence-electron chi connectivity index (χ0n) is 24.1. The number of fused-ring (bicyclic) bond motifs is 1. The van der Waals surface area contributed by atoms with E-state index in [1.54, 1.807) is 34.4 Å². The molecule has 39 heavy (non-hydrogen) atoms. The largest absolute Gasteiger partial charge is 0.496 e. The van der Waals surface area contributed by atoms with Gasteiger partial charge in [-0.1, -0.05) is 58.0 Å². The van der Waals surface area contributed by atoms with E-state index in [9.17, 15) is 9.59 Å². The molecule has 0 fully saturated rings. The van der Waals surface area contributed by atoms with Crippen molar-refractivity contribution in [3.05, 3.63) is 81.0 Å². The number of methoxy groups -OCH3 is 2. The lowest BCUT2D eigenvalue weighted by Gasteiger charge is -2.38. The third kappa shape index (κ3) is 5.83. The van der Waals surface area contributed by atoms with Gasteiger partial charge in [-0.15, -0.1) is 11.3 Å². The fourth-order valence-electron chi connectivity index (χ4n) is 5.20. The Morgan fingerprint density at radius 2 is 1.69 bits per heavy atom. The first-order valence-corrected chi connectivity index (χ1v) is 14.5. The zero-order valence-corrected chi connectivity index (χ0v) is 24.9. The standard InChI is InChI=1S/C32H40N2O4S/c1-8-21(2)34(31(36)29-25(37-6)10-9-11-26(29)38-7)20-28(35)33-18-16-27-24(17-19-39-27)30(33)22-12-14-23(15-13-22)32(3,4)5/h9-15,17,19,21,30H,8,16,18,20H2,1-7H3. The quantitative estimate of drug-likeness (QED) is 0.323. The fourth-order valence-corrected chi connectivity index (χ4v) is 6.10. The Kier molecular flexibility index (Phi) is 8.70. The molecule has 1 aliphatic heterocycles. The van der Waals surface area contributed by atoms with Gasteiger partial charge in [-0.3, -0.25) is 9.59 Å². The van der Waals surface area contributed by atoms with Crippen molar-refractivity contribution in [2.75, 3.05) is 27.3 Å². The van der Waals surface area contributed by atoms with E-state index in [4.69, 9.17) is 9.47 Å². The summed E-state index contributed by atoms with van der Waals surface area (Å²) in [5.74, 6) is 0.515. The highest BCUT2D eigenvalue weighted by Crippen LogP contribution is 2.39. The molecule has 0 bridgehead atoms. The van der Waals surface area contributed by atoms with Gasteiger partial charge in [0.05, 0.1) is 20.3 Å². The summed E-state index contributed by atoms with van der Waals surface area (Å²) in [7, 11) is 3.07. The predicted octanol–water partition coefficient (Wildman–Crippen LogP) is 6.48. The molecule has 4 rings (SSSR count). The molecule has 0 aliphatic carbocycles. The van der Waals surface area contributed by atoms with Gasteiger partial charge in [0, 0.05) is 17.5 Å². The maximum absolute atomic E-state index is 14.1. The van der Waals surface area contributed by atoms with Crippen molar-refractivity contribution in [1.82, 2.24) is 9.80 Å². The molecule has 1 aromatic heterocycles. The SMILES string of the molecule is CCC(C)N(CC(=O)N1CCc2sccc2C1c1ccc(C(C)(C)C)cc1)C(=O)c1c(OC)cccc1OC. The van der Waals surface area contributed by atoms with Crippen molar-refractivity contribution in [1.29, 1.82) is 0 Å². The third-order valence-corrected chi connectivity index (χ3v) is 8.71. The van der Waals surface area contributed by atoms with Gasteiger partial charge in [-0.25, -0.2) is 0 Å². The Labute approximate surface area is 236 Å². The number of amides is 2. The number of carbonyl (C=O) groups excluding carboxylic acids is 2. The Morgan fingerprint density at radius 3 is 2.26 bits per heavy atom. The molecule has 0 spiro atoms. The molecule has 2 aromatic carbocycles. The first kappa shape index (κ1) is 28.7. The molecule has 0 saturated carbocycles. The van der Waals surface area contributed by atoms with Crippen molar-refractivity contribution < 1.29 is 19.1 Å². The van der Waals surface area contributed by atoms with Gasteiger partial charge in [0.15, 0.2) is 0 Å². The summed E-state index contributed by atoms with van der Waals surface area (Å²) < 4.78 is 11.0. The van der Waals surface area contributed by atoms with Gasteiger partial charge in [0.25, 0.3) is 5.91 Å². The summed E-state index contributed by atoms with van der Waals surface area (Å²) in [5, 5.41) is 2.11. The van der Waals surface area contributed by atoms with Crippen LogP contribution in [0, 0.1) is 0 Å². The highest BCUT2D eigenvalue weighted by atomic mass is 32.1. The van der Waals surface area contributed by atoms with Crippen LogP contribution in [0.4, 0.5) is 0 Å². The number of benzene rings is 2. The highest BCUT2D eigenvalue weighted by molar-refractivity contribution is 7.10. The van der Waals surface area contributed by atoms with Crippen LogP contribution in [0.2, 0.25) is 0 Å². The molecular weight excluding hydrogens is 508 g/mol. The summed E-state index contributed by atoms with van der Waals surface area (Å²) in [4.78, 5) is 33.0. The summed E-state index contributed by atoms with van der Waals surface area (Å²) in [6.07, 6.45) is 1.52. The number of hydrogen-bond acceptors (Lipinski definition) is 5. The van der Waals surface area contributed by atoms with E-state index in [1.807, 2.05) is 18.7 Å². The number of ether oxygens (including phenoxy) is 2. The first-order chi connectivity index (χ1) is 18.6. The predicted molar refractivity (Wildman–Crippen MR) is 157 cm³/mol. The van der Waals surface area contributed by atoms with E-state index in [-0.39, 0.29) is 35.9 Å². The van der Waals surface area contributed by atoms with Crippen LogP contribution in [-0.4, -0.2) is 55.0 Å². The fraction of sp³-hybridized carbons (Fsp3) is 0.438.